The average Bonchev–Trinajstić information content (AvgIpc) is 2.70. The molecule has 0 spiro atoms. The summed E-state index contributed by atoms with van der Waals surface area (Å²) >= 11 is 0. The molecule has 2 aromatic carbocycles. The van der Waals surface area contributed by atoms with Crippen molar-refractivity contribution in [3.05, 3.63) is 65.2 Å². The summed E-state index contributed by atoms with van der Waals surface area (Å²) in [5.74, 6) is -1.74. The maximum absolute atomic E-state index is 13.6. The first-order valence-corrected chi connectivity index (χ1v) is 5.73. The SMILES string of the molecule is O=C1Nc2ccccc2C1=Cc1c(F)cccc1F. The number of para-hydroxylation sites is 1. The fourth-order valence-corrected chi connectivity index (χ4v) is 2.08. The summed E-state index contributed by atoms with van der Waals surface area (Å²) in [6.07, 6.45) is 1.24. The van der Waals surface area contributed by atoms with Crippen molar-refractivity contribution in [3.63, 3.8) is 0 Å². The molecule has 2 nitrogen and oxygen atoms in total. The first-order valence-electron chi connectivity index (χ1n) is 5.73. The lowest BCUT2D eigenvalue weighted by Gasteiger charge is -2.01. The molecule has 3 rings (SSSR count). The van der Waals surface area contributed by atoms with Crippen molar-refractivity contribution in [1.29, 1.82) is 0 Å². The molecule has 94 valence electrons. The van der Waals surface area contributed by atoms with Crippen molar-refractivity contribution in [2.45, 2.75) is 0 Å². The number of rotatable bonds is 1. The molecule has 1 amide bonds. The highest BCUT2D eigenvalue weighted by atomic mass is 19.1. The van der Waals surface area contributed by atoms with Crippen LogP contribution in [0.1, 0.15) is 11.1 Å². The average molecular weight is 257 g/mol. The van der Waals surface area contributed by atoms with Gasteiger partial charge in [0.1, 0.15) is 11.6 Å². The van der Waals surface area contributed by atoms with Gasteiger partial charge in [-0.1, -0.05) is 24.3 Å². The Morgan fingerprint density at radius 3 is 2.37 bits per heavy atom. The van der Waals surface area contributed by atoms with Gasteiger partial charge in [-0.25, -0.2) is 8.78 Å². The van der Waals surface area contributed by atoms with E-state index in [0.717, 1.165) is 12.1 Å². The third-order valence-electron chi connectivity index (χ3n) is 3.00. The molecule has 0 aromatic heterocycles. The molecule has 2 aromatic rings. The lowest BCUT2D eigenvalue weighted by atomic mass is 10.0. The molecule has 4 heteroatoms. The highest BCUT2D eigenvalue weighted by Crippen LogP contribution is 2.33. The van der Waals surface area contributed by atoms with Gasteiger partial charge >= 0.3 is 0 Å². The molecule has 1 N–H and O–H groups in total. The van der Waals surface area contributed by atoms with E-state index in [1.165, 1.54) is 12.1 Å². The summed E-state index contributed by atoms with van der Waals surface area (Å²) in [6, 6.07) is 10.6. The van der Waals surface area contributed by atoms with Gasteiger partial charge in [0.2, 0.25) is 0 Å². The second kappa shape index (κ2) is 4.31. The highest BCUT2D eigenvalue weighted by molar-refractivity contribution is 6.34. The van der Waals surface area contributed by atoms with Crippen LogP contribution in [-0.2, 0) is 4.79 Å². The molecular weight excluding hydrogens is 248 g/mol. The second-order valence-electron chi connectivity index (χ2n) is 4.19. The van der Waals surface area contributed by atoms with E-state index >= 15 is 0 Å². The Bertz CT molecular complexity index is 687. The minimum absolute atomic E-state index is 0.204. The molecule has 1 aliphatic rings. The van der Waals surface area contributed by atoms with Gasteiger partial charge in [-0.15, -0.1) is 0 Å². The van der Waals surface area contributed by atoms with Crippen molar-refractivity contribution in [3.8, 4) is 0 Å². The predicted molar refractivity (Wildman–Crippen MR) is 69.3 cm³/mol. The smallest absolute Gasteiger partial charge is 0.256 e. The number of hydrogen-bond donors (Lipinski definition) is 1. The molecule has 0 fully saturated rings. The summed E-state index contributed by atoms with van der Waals surface area (Å²) in [4.78, 5) is 11.8. The minimum atomic E-state index is -0.690. The molecule has 1 aliphatic heterocycles. The fourth-order valence-electron chi connectivity index (χ4n) is 2.08. The number of halogens is 2. The minimum Gasteiger partial charge on any atom is -0.321 e. The van der Waals surface area contributed by atoms with Gasteiger partial charge in [0.15, 0.2) is 0 Å². The zero-order valence-corrected chi connectivity index (χ0v) is 9.78. The fraction of sp³-hybridized carbons (Fsp3) is 0. The molecule has 1 heterocycles. The van der Waals surface area contributed by atoms with Crippen LogP contribution in [0.25, 0.3) is 11.6 Å². The van der Waals surface area contributed by atoms with Crippen molar-refractivity contribution < 1.29 is 13.6 Å². The van der Waals surface area contributed by atoms with E-state index in [-0.39, 0.29) is 17.0 Å². The van der Waals surface area contributed by atoms with Gasteiger partial charge in [-0.05, 0) is 24.3 Å². The number of carbonyl (C=O) groups excluding carboxylic acids is 1. The van der Waals surface area contributed by atoms with Crippen LogP contribution >= 0.6 is 0 Å². The van der Waals surface area contributed by atoms with Crippen LogP contribution in [0.15, 0.2) is 42.5 Å². The quantitative estimate of drug-likeness (QED) is 0.779. The van der Waals surface area contributed by atoms with Gasteiger partial charge in [-0.3, -0.25) is 4.79 Å². The van der Waals surface area contributed by atoms with E-state index in [2.05, 4.69) is 5.32 Å². The largest absolute Gasteiger partial charge is 0.321 e. The Balaban J connectivity index is 2.17. The number of fused-ring (bicyclic) bond motifs is 1. The van der Waals surface area contributed by atoms with Crippen LogP contribution in [0.4, 0.5) is 14.5 Å². The monoisotopic (exact) mass is 257 g/mol. The van der Waals surface area contributed by atoms with Gasteiger partial charge < -0.3 is 5.32 Å². The van der Waals surface area contributed by atoms with Crippen LogP contribution in [0.3, 0.4) is 0 Å². The van der Waals surface area contributed by atoms with Crippen molar-refractivity contribution in [2.24, 2.45) is 0 Å². The Morgan fingerprint density at radius 1 is 0.947 bits per heavy atom. The normalized spacial score (nSPS) is 15.5. The zero-order valence-electron chi connectivity index (χ0n) is 9.78. The van der Waals surface area contributed by atoms with E-state index in [1.54, 1.807) is 24.3 Å². The Morgan fingerprint density at radius 2 is 1.63 bits per heavy atom. The Labute approximate surface area is 108 Å². The maximum atomic E-state index is 13.6. The molecule has 0 bridgehead atoms. The van der Waals surface area contributed by atoms with Crippen LogP contribution in [0.5, 0.6) is 0 Å². The standard InChI is InChI=1S/C15H9F2NO/c16-12-5-3-6-13(17)11(12)8-10-9-4-1-2-7-14(9)18-15(10)19/h1-8H,(H,18,19). The van der Waals surface area contributed by atoms with Gasteiger partial charge in [-0.2, -0.15) is 0 Å². The number of amides is 1. The van der Waals surface area contributed by atoms with Crippen molar-refractivity contribution in [1.82, 2.24) is 0 Å². The number of anilines is 1. The van der Waals surface area contributed by atoms with Crippen LogP contribution in [0.2, 0.25) is 0 Å². The number of carbonyl (C=O) groups is 1. The summed E-state index contributed by atoms with van der Waals surface area (Å²) in [5.41, 5.74) is 1.36. The summed E-state index contributed by atoms with van der Waals surface area (Å²) in [5, 5.41) is 2.65. The van der Waals surface area contributed by atoms with E-state index in [1.807, 2.05) is 0 Å². The van der Waals surface area contributed by atoms with Crippen LogP contribution < -0.4 is 5.32 Å². The molecule has 0 saturated carbocycles. The number of benzene rings is 2. The topological polar surface area (TPSA) is 29.1 Å². The Kier molecular flexibility index (Phi) is 2.63. The van der Waals surface area contributed by atoms with Crippen molar-refractivity contribution in [2.75, 3.05) is 5.32 Å². The van der Waals surface area contributed by atoms with Gasteiger partial charge in [0.05, 0.1) is 0 Å². The molecule has 19 heavy (non-hydrogen) atoms. The summed E-state index contributed by atoms with van der Waals surface area (Å²) in [6.45, 7) is 0. The Hall–Kier alpha value is -2.49. The van der Waals surface area contributed by atoms with E-state index in [0.29, 0.717) is 11.3 Å². The molecular formula is C15H9F2NO. The van der Waals surface area contributed by atoms with E-state index in [9.17, 15) is 13.6 Å². The van der Waals surface area contributed by atoms with E-state index in [4.69, 9.17) is 0 Å². The lowest BCUT2D eigenvalue weighted by molar-refractivity contribution is -0.110. The third-order valence-corrected chi connectivity index (χ3v) is 3.00. The molecule has 0 radical (unpaired) electrons. The molecule has 0 atom stereocenters. The molecule has 0 saturated heterocycles. The second-order valence-corrected chi connectivity index (χ2v) is 4.19. The van der Waals surface area contributed by atoms with Crippen LogP contribution in [0, 0.1) is 11.6 Å². The highest BCUT2D eigenvalue weighted by Gasteiger charge is 2.24. The van der Waals surface area contributed by atoms with Gasteiger partial charge in [0.25, 0.3) is 5.91 Å². The first kappa shape index (κ1) is 11.6. The molecule has 0 aliphatic carbocycles. The van der Waals surface area contributed by atoms with Crippen LogP contribution in [-0.4, -0.2) is 5.91 Å². The maximum Gasteiger partial charge on any atom is 0.256 e. The first-order chi connectivity index (χ1) is 9.16. The third kappa shape index (κ3) is 1.91. The molecule has 0 unspecified atom stereocenters. The number of hydrogen-bond acceptors (Lipinski definition) is 1. The summed E-state index contributed by atoms with van der Waals surface area (Å²) in [7, 11) is 0. The van der Waals surface area contributed by atoms with Crippen molar-refractivity contribution >= 4 is 23.2 Å². The van der Waals surface area contributed by atoms with Gasteiger partial charge in [0, 0.05) is 22.4 Å². The zero-order chi connectivity index (χ0) is 13.4. The van der Waals surface area contributed by atoms with E-state index < -0.39 is 11.6 Å². The summed E-state index contributed by atoms with van der Waals surface area (Å²) < 4.78 is 27.2. The lowest BCUT2D eigenvalue weighted by Crippen LogP contribution is -2.04. The predicted octanol–water partition coefficient (Wildman–Crippen LogP) is 3.46. The number of nitrogens with one attached hydrogen (secondary N) is 1.